The first-order valence-electron chi connectivity index (χ1n) is 10.6. The molecule has 0 fully saturated rings. The Hall–Kier alpha value is -2.94. The number of sulfonamides is 1. The second-order valence-corrected chi connectivity index (χ2v) is 10.4. The summed E-state index contributed by atoms with van der Waals surface area (Å²) in [6.45, 7) is 1.45. The maximum absolute atomic E-state index is 13.9. The Bertz CT molecular complexity index is 1330. The van der Waals surface area contributed by atoms with Crippen LogP contribution in [0, 0.1) is 0 Å². The smallest absolute Gasteiger partial charge is 0.264 e. The number of methoxy groups -OCH3 is 2. The van der Waals surface area contributed by atoms with Gasteiger partial charge >= 0.3 is 0 Å². The summed E-state index contributed by atoms with van der Waals surface area (Å²) in [4.78, 5) is 12.4. The van der Waals surface area contributed by atoms with Gasteiger partial charge in [0.1, 0.15) is 6.54 Å². The monoisotopic (exact) mass is 536 g/mol. The number of nitrogens with zero attached hydrogens (tertiary/aromatic N) is 1. The zero-order chi connectivity index (χ0) is 25.8. The minimum Gasteiger partial charge on any atom is -0.493 e. The number of halogens is 2. The molecule has 0 aliphatic carbocycles. The fraction of sp³-hybridized carbons (Fsp3) is 0.240. The van der Waals surface area contributed by atoms with Crippen LogP contribution in [-0.2, 0) is 14.8 Å². The summed E-state index contributed by atoms with van der Waals surface area (Å²) in [6, 6.07) is 16.4. The minimum atomic E-state index is -4.22. The average molecular weight is 537 g/mol. The SMILES string of the molecule is CNC(=O)CN(c1ccc(Cl)cc1C(C)c1ccccc1Cl)S(=O)(=O)c1ccc(OC)c(OC)c1. The number of nitrogens with one attached hydrogen (secondary N) is 1. The molecule has 1 atom stereocenters. The Morgan fingerprint density at radius 3 is 2.29 bits per heavy atom. The largest absolute Gasteiger partial charge is 0.493 e. The zero-order valence-corrected chi connectivity index (χ0v) is 22.0. The van der Waals surface area contributed by atoms with Gasteiger partial charge in [-0.15, -0.1) is 0 Å². The van der Waals surface area contributed by atoms with Crippen molar-refractivity contribution in [2.45, 2.75) is 17.7 Å². The summed E-state index contributed by atoms with van der Waals surface area (Å²) in [5.41, 5.74) is 1.69. The van der Waals surface area contributed by atoms with Crippen molar-refractivity contribution in [1.82, 2.24) is 5.32 Å². The standard InChI is InChI=1S/C25H26Cl2N2O5S/c1-16(19-7-5-6-8-21(19)27)20-13-17(26)9-11-22(20)29(15-25(30)28-2)35(31,32)18-10-12-23(33-3)24(14-18)34-4/h5-14,16H,15H2,1-4H3,(H,28,30). The van der Waals surface area contributed by atoms with E-state index in [1.807, 2.05) is 25.1 Å². The molecule has 35 heavy (non-hydrogen) atoms. The molecule has 0 spiro atoms. The first-order chi connectivity index (χ1) is 16.6. The topological polar surface area (TPSA) is 84.9 Å². The van der Waals surface area contributed by atoms with E-state index in [1.54, 1.807) is 24.3 Å². The Morgan fingerprint density at radius 1 is 0.971 bits per heavy atom. The summed E-state index contributed by atoms with van der Waals surface area (Å²) in [5.74, 6) is -0.191. The molecule has 1 N–H and O–H groups in total. The number of amides is 1. The minimum absolute atomic E-state index is 0.0645. The van der Waals surface area contributed by atoms with E-state index in [9.17, 15) is 13.2 Å². The molecule has 3 rings (SSSR count). The van der Waals surface area contributed by atoms with Crippen LogP contribution >= 0.6 is 23.2 Å². The van der Waals surface area contributed by atoms with E-state index < -0.39 is 22.5 Å². The highest BCUT2D eigenvalue weighted by molar-refractivity contribution is 7.92. The molecule has 0 saturated heterocycles. The van der Waals surface area contributed by atoms with E-state index in [-0.39, 0.29) is 16.6 Å². The second kappa shape index (κ2) is 11.2. The molecule has 0 aliphatic rings. The third kappa shape index (κ3) is 5.66. The molecule has 1 amide bonds. The number of carbonyl (C=O) groups excluding carboxylic acids is 1. The molecule has 7 nitrogen and oxygen atoms in total. The molecule has 0 radical (unpaired) electrons. The highest BCUT2D eigenvalue weighted by Gasteiger charge is 2.31. The van der Waals surface area contributed by atoms with E-state index in [1.165, 1.54) is 39.5 Å². The third-order valence-corrected chi connectivity index (χ3v) is 7.94. The van der Waals surface area contributed by atoms with Gasteiger partial charge in [0.05, 0.1) is 24.8 Å². The number of anilines is 1. The maximum atomic E-state index is 13.9. The lowest BCUT2D eigenvalue weighted by Crippen LogP contribution is -2.40. The molecule has 186 valence electrons. The van der Waals surface area contributed by atoms with Gasteiger partial charge in [0.2, 0.25) is 5.91 Å². The van der Waals surface area contributed by atoms with Gasteiger partial charge in [-0.1, -0.05) is 48.3 Å². The van der Waals surface area contributed by atoms with Crippen LogP contribution in [0.25, 0.3) is 0 Å². The number of hydrogen-bond donors (Lipinski definition) is 1. The molecule has 3 aromatic rings. The second-order valence-electron chi connectivity index (χ2n) is 7.65. The van der Waals surface area contributed by atoms with Crippen LogP contribution in [-0.4, -0.2) is 42.1 Å². The molecular formula is C25H26Cl2N2O5S. The summed E-state index contributed by atoms with van der Waals surface area (Å²) in [5, 5.41) is 3.45. The predicted molar refractivity (Wildman–Crippen MR) is 139 cm³/mol. The fourth-order valence-electron chi connectivity index (χ4n) is 3.71. The lowest BCUT2D eigenvalue weighted by Gasteiger charge is -2.28. The number of carbonyl (C=O) groups is 1. The van der Waals surface area contributed by atoms with Gasteiger partial charge in [0, 0.05) is 29.1 Å². The van der Waals surface area contributed by atoms with Crippen molar-refractivity contribution in [2.75, 3.05) is 32.1 Å². The zero-order valence-electron chi connectivity index (χ0n) is 19.7. The summed E-state index contributed by atoms with van der Waals surface area (Å²) >= 11 is 12.8. The molecule has 0 bridgehead atoms. The Morgan fingerprint density at radius 2 is 1.66 bits per heavy atom. The van der Waals surface area contributed by atoms with Crippen LogP contribution in [0.3, 0.4) is 0 Å². The number of rotatable bonds is 9. The Labute approximate surface area is 215 Å². The van der Waals surface area contributed by atoms with Crippen molar-refractivity contribution in [3.8, 4) is 11.5 Å². The van der Waals surface area contributed by atoms with Crippen molar-refractivity contribution >= 4 is 44.8 Å². The van der Waals surface area contributed by atoms with Gasteiger partial charge in [0.25, 0.3) is 10.0 Å². The van der Waals surface area contributed by atoms with Crippen molar-refractivity contribution in [3.63, 3.8) is 0 Å². The molecule has 0 heterocycles. The van der Waals surface area contributed by atoms with E-state index in [0.717, 1.165) is 9.87 Å². The van der Waals surface area contributed by atoms with E-state index in [2.05, 4.69) is 5.32 Å². The lowest BCUT2D eigenvalue weighted by atomic mass is 9.91. The molecule has 10 heteroatoms. The number of likely N-dealkylation sites (N-methyl/N-ethyl adjacent to an activating group) is 1. The van der Waals surface area contributed by atoms with Gasteiger partial charge in [-0.25, -0.2) is 8.42 Å². The van der Waals surface area contributed by atoms with Crippen LogP contribution in [0.1, 0.15) is 24.0 Å². The Kier molecular flexibility index (Phi) is 8.53. The summed E-state index contributed by atoms with van der Waals surface area (Å²) in [6.07, 6.45) is 0. The fourth-order valence-corrected chi connectivity index (χ4v) is 5.65. The van der Waals surface area contributed by atoms with Gasteiger partial charge in [-0.3, -0.25) is 9.10 Å². The highest BCUT2D eigenvalue weighted by Crippen LogP contribution is 2.39. The maximum Gasteiger partial charge on any atom is 0.264 e. The average Bonchev–Trinajstić information content (AvgIpc) is 2.86. The molecule has 3 aromatic carbocycles. The van der Waals surface area contributed by atoms with Crippen LogP contribution in [0.5, 0.6) is 11.5 Å². The molecule has 1 unspecified atom stereocenters. The van der Waals surface area contributed by atoms with Crippen LogP contribution in [0.4, 0.5) is 5.69 Å². The van der Waals surface area contributed by atoms with Crippen molar-refractivity contribution < 1.29 is 22.7 Å². The third-order valence-electron chi connectivity index (χ3n) is 5.61. The van der Waals surface area contributed by atoms with Gasteiger partial charge < -0.3 is 14.8 Å². The van der Waals surface area contributed by atoms with Gasteiger partial charge in [0.15, 0.2) is 11.5 Å². The van der Waals surface area contributed by atoms with E-state index >= 15 is 0 Å². The van der Waals surface area contributed by atoms with Crippen LogP contribution < -0.4 is 19.1 Å². The van der Waals surface area contributed by atoms with Crippen molar-refractivity contribution in [3.05, 3.63) is 81.8 Å². The van der Waals surface area contributed by atoms with Crippen LogP contribution in [0.2, 0.25) is 10.0 Å². The highest BCUT2D eigenvalue weighted by atomic mass is 35.5. The number of benzene rings is 3. The first kappa shape index (κ1) is 26.7. The lowest BCUT2D eigenvalue weighted by molar-refractivity contribution is -0.119. The number of ether oxygens (including phenoxy) is 2. The molecular weight excluding hydrogens is 511 g/mol. The quantitative estimate of drug-likeness (QED) is 0.411. The van der Waals surface area contributed by atoms with Gasteiger partial charge in [-0.2, -0.15) is 0 Å². The molecule has 0 aliphatic heterocycles. The van der Waals surface area contributed by atoms with Crippen molar-refractivity contribution in [1.29, 1.82) is 0 Å². The predicted octanol–water partition coefficient (Wildman–Crippen LogP) is 5.10. The number of hydrogen-bond acceptors (Lipinski definition) is 5. The van der Waals surface area contributed by atoms with Crippen LogP contribution in [0.15, 0.2) is 65.6 Å². The summed E-state index contributed by atoms with van der Waals surface area (Å²) < 4.78 is 39.4. The van der Waals surface area contributed by atoms with E-state index in [0.29, 0.717) is 27.0 Å². The Balaban J connectivity index is 2.22. The molecule has 0 saturated carbocycles. The molecule has 0 aromatic heterocycles. The van der Waals surface area contributed by atoms with E-state index in [4.69, 9.17) is 32.7 Å². The first-order valence-corrected chi connectivity index (χ1v) is 12.8. The van der Waals surface area contributed by atoms with Crippen molar-refractivity contribution in [2.24, 2.45) is 0 Å². The normalized spacial score (nSPS) is 12.1. The summed E-state index contributed by atoms with van der Waals surface area (Å²) in [7, 11) is 0.100. The van der Waals surface area contributed by atoms with Gasteiger partial charge in [-0.05, 0) is 47.5 Å².